The van der Waals surface area contributed by atoms with Crippen molar-refractivity contribution >= 4 is 0 Å². The number of nitrogens with zero attached hydrogens (tertiary/aromatic N) is 2. The first-order valence-electron chi connectivity index (χ1n) is 5.24. The maximum absolute atomic E-state index is 10.2. The summed E-state index contributed by atoms with van der Waals surface area (Å²) in [6.07, 6.45) is -1.15. The summed E-state index contributed by atoms with van der Waals surface area (Å²) in [6.45, 7) is 0.464. The SMILES string of the molecule is O=NC[C@H]1CC[C@@H](O)[C@@H]2C(O)C(O)CN12. The molecule has 0 aliphatic carbocycles. The van der Waals surface area contributed by atoms with Gasteiger partial charge in [0.05, 0.1) is 30.9 Å². The van der Waals surface area contributed by atoms with E-state index >= 15 is 0 Å². The molecule has 2 aliphatic heterocycles. The van der Waals surface area contributed by atoms with Gasteiger partial charge in [0.25, 0.3) is 0 Å². The van der Waals surface area contributed by atoms with Gasteiger partial charge in [-0.15, -0.1) is 0 Å². The summed E-state index contributed by atoms with van der Waals surface area (Å²) in [4.78, 5) is 12.1. The van der Waals surface area contributed by atoms with Gasteiger partial charge >= 0.3 is 0 Å². The molecule has 0 aromatic carbocycles. The monoisotopic (exact) mass is 216 g/mol. The minimum Gasteiger partial charge on any atom is -0.391 e. The molecule has 2 saturated heterocycles. The van der Waals surface area contributed by atoms with Crippen molar-refractivity contribution < 1.29 is 15.3 Å². The van der Waals surface area contributed by atoms with E-state index in [0.29, 0.717) is 19.4 Å². The summed E-state index contributed by atoms with van der Waals surface area (Å²) < 4.78 is 0. The lowest BCUT2D eigenvalue weighted by Gasteiger charge is -2.40. The van der Waals surface area contributed by atoms with E-state index in [-0.39, 0.29) is 12.6 Å². The Morgan fingerprint density at radius 1 is 1.20 bits per heavy atom. The van der Waals surface area contributed by atoms with Gasteiger partial charge in [0.2, 0.25) is 0 Å². The first kappa shape index (κ1) is 10.9. The lowest BCUT2D eigenvalue weighted by atomic mass is 9.92. The van der Waals surface area contributed by atoms with Crippen molar-refractivity contribution in [3.8, 4) is 0 Å². The topological polar surface area (TPSA) is 93.4 Å². The average Bonchev–Trinajstić information content (AvgIpc) is 2.50. The van der Waals surface area contributed by atoms with Crippen molar-refractivity contribution in [1.29, 1.82) is 0 Å². The van der Waals surface area contributed by atoms with Crippen LogP contribution in [0.3, 0.4) is 0 Å². The van der Waals surface area contributed by atoms with Crippen molar-refractivity contribution in [3.05, 3.63) is 4.91 Å². The molecule has 2 fully saturated rings. The highest BCUT2D eigenvalue weighted by atomic mass is 16.3. The number of fused-ring (bicyclic) bond motifs is 1. The molecule has 0 aromatic rings. The number of piperidine rings is 1. The minimum absolute atomic E-state index is 0.0531. The van der Waals surface area contributed by atoms with Crippen molar-refractivity contribution in [1.82, 2.24) is 4.90 Å². The van der Waals surface area contributed by atoms with Gasteiger partial charge in [-0.05, 0) is 12.8 Å². The lowest BCUT2D eigenvalue weighted by molar-refractivity contribution is -0.0436. The van der Waals surface area contributed by atoms with Crippen molar-refractivity contribution in [2.45, 2.75) is 43.2 Å². The molecule has 0 radical (unpaired) electrons. The highest BCUT2D eigenvalue weighted by Gasteiger charge is 2.48. The van der Waals surface area contributed by atoms with Gasteiger partial charge in [0.15, 0.2) is 0 Å². The van der Waals surface area contributed by atoms with Gasteiger partial charge in [-0.1, -0.05) is 5.18 Å². The Bertz CT molecular complexity index is 250. The molecule has 0 saturated carbocycles. The lowest BCUT2D eigenvalue weighted by Crippen LogP contribution is -2.54. The molecule has 2 aliphatic rings. The minimum atomic E-state index is -0.922. The highest BCUT2D eigenvalue weighted by molar-refractivity contribution is 5.03. The third-order valence-electron chi connectivity index (χ3n) is 3.47. The summed E-state index contributed by atoms with van der Waals surface area (Å²) in [6, 6.07) is -0.497. The largest absolute Gasteiger partial charge is 0.391 e. The Morgan fingerprint density at radius 3 is 2.60 bits per heavy atom. The quantitative estimate of drug-likeness (QED) is 0.498. The van der Waals surface area contributed by atoms with Crippen LogP contribution in [0.4, 0.5) is 0 Å². The normalized spacial score (nSPS) is 46.5. The number of hydrogen-bond acceptors (Lipinski definition) is 6. The molecular formula is C9H16N2O4. The van der Waals surface area contributed by atoms with E-state index in [1.165, 1.54) is 0 Å². The van der Waals surface area contributed by atoms with Crippen LogP contribution in [0.2, 0.25) is 0 Å². The van der Waals surface area contributed by atoms with Crippen LogP contribution in [0.15, 0.2) is 5.18 Å². The van der Waals surface area contributed by atoms with Crippen LogP contribution in [-0.4, -0.2) is 63.7 Å². The molecule has 0 spiro atoms. The number of rotatable bonds is 2. The molecule has 0 aromatic heterocycles. The standard InChI is InChI=1S/C9H16N2O4/c12-6-2-1-5(3-10-15)11-4-7(13)9(14)8(6)11/h5-9,12-14H,1-4H2/t5-,6-,7?,8-,9?/m1/s1. The third kappa shape index (κ3) is 1.78. The molecular weight excluding hydrogens is 200 g/mol. The van der Waals surface area contributed by atoms with E-state index in [2.05, 4.69) is 5.18 Å². The van der Waals surface area contributed by atoms with E-state index in [1.54, 1.807) is 0 Å². The fraction of sp³-hybridized carbons (Fsp3) is 1.00. The van der Waals surface area contributed by atoms with E-state index in [1.807, 2.05) is 4.90 Å². The summed E-state index contributed by atoms with van der Waals surface area (Å²) in [5.74, 6) is 0. The Morgan fingerprint density at radius 2 is 1.93 bits per heavy atom. The van der Waals surface area contributed by atoms with Gasteiger partial charge in [0, 0.05) is 12.6 Å². The molecule has 2 heterocycles. The molecule has 3 N–H and O–H groups in total. The second-order valence-corrected chi connectivity index (χ2v) is 4.36. The zero-order valence-corrected chi connectivity index (χ0v) is 8.36. The van der Waals surface area contributed by atoms with Crippen LogP contribution in [0.25, 0.3) is 0 Å². The molecule has 6 heteroatoms. The first-order valence-corrected chi connectivity index (χ1v) is 5.24. The predicted molar refractivity (Wildman–Crippen MR) is 52.2 cm³/mol. The van der Waals surface area contributed by atoms with Gasteiger partial charge < -0.3 is 15.3 Å². The fourth-order valence-electron chi connectivity index (χ4n) is 2.69. The third-order valence-corrected chi connectivity index (χ3v) is 3.47. The second kappa shape index (κ2) is 4.13. The molecule has 2 unspecified atom stereocenters. The number of nitroso groups, excluding NO2 is 1. The maximum atomic E-state index is 10.2. The Balaban J connectivity index is 2.13. The zero-order chi connectivity index (χ0) is 11.0. The van der Waals surface area contributed by atoms with E-state index in [4.69, 9.17) is 0 Å². The summed E-state index contributed by atoms with van der Waals surface area (Å²) in [5, 5.41) is 31.8. The van der Waals surface area contributed by atoms with Crippen molar-refractivity contribution in [2.24, 2.45) is 5.18 Å². The van der Waals surface area contributed by atoms with Crippen LogP contribution in [0.5, 0.6) is 0 Å². The highest BCUT2D eigenvalue weighted by Crippen LogP contribution is 2.31. The van der Waals surface area contributed by atoms with Gasteiger partial charge in [-0.2, -0.15) is 4.91 Å². The number of aliphatic hydroxyl groups excluding tert-OH is 3. The maximum Gasteiger partial charge on any atom is 0.0991 e. The van der Waals surface area contributed by atoms with E-state index in [9.17, 15) is 20.2 Å². The van der Waals surface area contributed by atoms with Gasteiger partial charge in [-0.25, -0.2) is 0 Å². The van der Waals surface area contributed by atoms with Gasteiger partial charge in [-0.3, -0.25) is 4.90 Å². The summed E-state index contributed by atoms with van der Waals surface area (Å²) in [5.41, 5.74) is 0. The molecule has 5 atom stereocenters. The molecule has 0 bridgehead atoms. The predicted octanol–water partition coefficient (Wildman–Crippen LogP) is -1.32. The molecule has 6 nitrogen and oxygen atoms in total. The smallest absolute Gasteiger partial charge is 0.0991 e. The molecule has 2 rings (SSSR count). The first-order chi connectivity index (χ1) is 7.15. The summed E-state index contributed by atoms with van der Waals surface area (Å²) in [7, 11) is 0. The summed E-state index contributed by atoms with van der Waals surface area (Å²) >= 11 is 0. The van der Waals surface area contributed by atoms with Crippen molar-refractivity contribution in [3.63, 3.8) is 0 Å². The molecule has 0 amide bonds. The zero-order valence-electron chi connectivity index (χ0n) is 8.36. The molecule has 15 heavy (non-hydrogen) atoms. The Kier molecular flexibility index (Phi) is 3.01. The van der Waals surface area contributed by atoms with Crippen LogP contribution >= 0.6 is 0 Å². The van der Waals surface area contributed by atoms with E-state index < -0.39 is 24.4 Å². The van der Waals surface area contributed by atoms with Crippen LogP contribution in [-0.2, 0) is 0 Å². The Labute approximate surface area is 87.5 Å². The number of aliphatic hydroxyl groups is 3. The Hall–Kier alpha value is -0.560. The van der Waals surface area contributed by atoms with Crippen molar-refractivity contribution in [2.75, 3.05) is 13.1 Å². The van der Waals surface area contributed by atoms with E-state index in [0.717, 1.165) is 0 Å². The average molecular weight is 216 g/mol. The second-order valence-electron chi connectivity index (χ2n) is 4.36. The molecule has 86 valence electrons. The fourth-order valence-corrected chi connectivity index (χ4v) is 2.69. The van der Waals surface area contributed by atoms with Crippen LogP contribution < -0.4 is 0 Å². The van der Waals surface area contributed by atoms with Crippen LogP contribution in [0.1, 0.15) is 12.8 Å². The van der Waals surface area contributed by atoms with Gasteiger partial charge in [0.1, 0.15) is 0 Å². The number of hydrogen-bond donors (Lipinski definition) is 3. The van der Waals surface area contributed by atoms with Crippen LogP contribution in [0, 0.1) is 4.91 Å².